The second-order valence-electron chi connectivity index (χ2n) is 6.28. The SMILES string of the molecule is CNC(c1ccc(F)c2ccccc12)C1C2CCCC21. The molecule has 2 aliphatic carbocycles. The molecule has 1 N–H and O–H groups in total. The van der Waals surface area contributed by atoms with E-state index in [9.17, 15) is 4.39 Å². The van der Waals surface area contributed by atoms with E-state index in [-0.39, 0.29) is 5.82 Å². The van der Waals surface area contributed by atoms with Gasteiger partial charge in [-0.15, -0.1) is 0 Å². The summed E-state index contributed by atoms with van der Waals surface area (Å²) in [4.78, 5) is 0. The van der Waals surface area contributed by atoms with E-state index in [1.165, 1.54) is 24.8 Å². The minimum atomic E-state index is -0.116. The van der Waals surface area contributed by atoms with Crippen LogP contribution in [0.2, 0.25) is 0 Å². The van der Waals surface area contributed by atoms with E-state index in [0.29, 0.717) is 6.04 Å². The van der Waals surface area contributed by atoms with Crippen LogP contribution in [0, 0.1) is 23.6 Å². The van der Waals surface area contributed by atoms with Crippen LogP contribution in [0.25, 0.3) is 10.8 Å². The smallest absolute Gasteiger partial charge is 0.131 e. The third kappa shape index (κ3) is 1.71. The zero-order chi connectivity index (χ0) is 13.7. The van der Waals surface area contributed by atoms with Crippen molar-refractivity contribution in [3.63, 3.8) is 0 Å². The number of fused-ring (bicyclic) bond motifs is 2. The zero-order valence-electron chi connectivity index (χ0n) is 11.8. The number of benzene rings is 2. The van der Waals surface area contributed by atoms with Gasteiger partial charge < -0.3 is 5.32 Å². The first-order valence-corrected chi connectivity index (χ1v) is 7.65. The quantitative estimate of drug-likeness (QED) is 0.876. The van der Waals surface area contributed by atoms with Crippen LogP contribution in [-0.2, 0) is 0 Å². The lowest BCUT2D eigenvalue weighted by atomic mass is 9.92. The minimum Gasteiger partial charge on any atom is -0.313 e. The van der Waals surface area contributed by atoms with Crippen molar-refractivity contribution in [2.24, 2.45) is 17.8 Å². The molecule has 0 aliphatic heterocycles. The van der Waals surface area contributed by atoms with Gasteiger partial charge in [-0.1, -0.05) is 36.8 Å². The highest BCUT2D eigenvalue weighted by molar-refractivity contribution is 5.86. The minimum absolute atomic E-state index is 0.116. The number of hydrogen-bond donors (Lipinski definition) is 1. The largest absolute Gasteiger partial charge is 0.313 e. The van der Waals surface area contributed by atoms with Crippen LogP contribution in [0.3, 0.4) is 0 Å². The summed E-state index contributed by atoms with van der Waals surface area (Å²) in [7, 11) is 2.04. The summed E-state index contributed by atoms with van der Waals surface area (Å²) in [5.74, 6) is 2.44. The average Bonchev–Trinajstić information content (AvgIpc) is 2.94. The first-order valence-electron chi connectivity index (χ1n) is 7.65. The van der Waals surface area contributed by atoms with Crippen molar-refractivity contribution >= 4 is 10.8 Å². The summed E-state index contributed by atoms with van der Waals surface area (Å²) in [5, 5.41) is 5.31. The van der Waals surface area contributed by atoms with Gasteiger partial charge >= 0.3 is 0 Å². The molecule has 0 saturated heterocycles. The highest BCUT2D eigenvalue weighted by Crippen LogP contribution is 2.62. The van der Waals surface area contributed by atoms with Gasteiger partial charge in [0.1, 0.15) is 5.82 Å². The first kappa shape index (κ1) is 12.3. The van der Waals surface area contributed by atoms with Crippen LogP contribution in [0.1, 0.15) is 30.9 Å². The molecule has 3 atom stereocenters. The topological polar surface area (TPSA) is 12.0 Å². The van der Waals surface area contributed by atoms with E-state index in [4.69, 9.17) is 0 Å². The van der Waals surface area contributed by atoms with Crippen molar-refractivity contribution in [3.8, 4) is 0 Å². The molecule has 0 aromatic heterocycles. The van der Waals surface area contributed by atoms with Gasteiger partial charge in [-0.25, -0.2) is 4.39 Å². The molecular weight excluding hydrogens is 249 g/mol. The maximum absolute atomic E-state index is 14.0. The Labute approximate surface area is 119 Å². The standard InChI is InChI=1S/C18H20FN/c1-20-18(17-13-7-4-8-14(13)17)15-9-10-16(19)12-6-3-2-5-11(12)15/h2-3,5-6,9-10,13-14,17-18,20H,4,7-8H2,1H3. The highest BCUT2D eigenvalue weighted by Gasteiger charge is 2.55. The lowest BCUT2D eigenvalue weighted by molar-refractivity contribution is 0.446. The van der Waals surface area contributed by atoms with Crippen molar-refractivity contribution < 1.29 is 4.39 Å². The summed E-state index contributed by atoms with van der Waals surface area (Å²) in [5.41, 5.74) is 1.27. The fraction of sp³-hybridized carbons (Fsp3) is 0.444. The van der Waals surface area contributed by atoms with E-state index in [0.717, 1.165) is 28.5 Å². The number of halogens is 1. The molecule has 2 aromatic carbocycles. The molecule has 2 heteroatoms. The Morgan fingerprint density at radius 3 is 2.45 bits per heavy atom. The fourth-order valence-electron chi connectivity index (χ4n) is 4.48. The van der Waals surface area contributed by atoms with E-state index < -0.39 is 0 Å². The molecule has 3 unspecified atom stereocenters. The maximum Gasteiger partial charge on any atom is 0.131 e. The van der Waals surface area contributed by atoms with E-state index >= 15 is 0 Å². The molecule has 2 aliphatic rings. The van der Waals surface area contributed by atoms with Gasteiger partial charge in [0.25, 0.3) is 0 Å². The van der Waals surface area contributed by atoms with Crippen LogP contribution >= 0.6 is 0 Å². The predicted octanol–water partition coefficient (Wildman–Crippen LogP) is 4.29. The van der Waals surface area contributed by atoms with Crippen LogP contribution in [0.4, 0.5) is 4.39 Å². The monoisotopic (exact) mass is 269 g/mol. The number of rotatable bonds is 3. The Kier molecular flexibility index (Phi) is 2.81. The molecule has 0 radical (unpaired) electrons. The van der Waals surface area contributed by atoms with Crippen LogP contribution < -0.4 is 5.32 Å². The molecule has 2 aromatic rings. The molecule has 0 heterocycles. The third-order valence-corrected chi connectivity index (χ3v) is 5.41. The lowest BCUT2D eigenvalue weighted by Crippen LogP contribution is -2.21. The van der Waals surface area contributed by atoms with E-state index in [1.807, 2.05) is 31.3 Å². The van der Waals surface area contributed by atoms with Crippen molar-refractivity contribution in [3.05, 3.63) is 47.8 Å². The fourth-order valence-corrected chi connectivity index (χ4v) is 4.48. The molecule has 0 spiro atoms. The molecule has 0 amide bonds. The summed E-state index contributed by atoms with van der Waals surface area (Å²) in [6, 6.07) is 11.8. The van der Waals surface area contributed by atoms with Gasteiger partial charge in [0.15, 0.2) is 0 Å². The first-order chi connectivity index (χ1) is 9.81. The van der Waals surface area contributed by atoms with Gasteiger partial charge in [0.05, 0.1) is 0 Å². The van der Waals surface area contributed by atoms with Crippen LogP contribution in [0.5, 0.6) is 0 Å². The Morgan fingerprint density at radius 1 is 1.05 bits per heavy atom. The second-order valence-corrected chi connectivity index (χ2v) is 6.28. The van der Waals surface area contributed by atoms with Crippen LogP contribution in [0.15, 0.2) is 36.4 Å². The summed E-state index contributed by atoms with van der Waals surface area (Å²) in [6.07, 6.45) is 4.16. The summed E-state index contributed by atoms with van der Waals surface area (Å²) in [6.45, 7) is 0. The average molecular weight is 269 g/mol. The van der Waals surface area contributed by atoms with E-state index in [2.05, 4.69) is 11.4 Å². The second kappa shape index (κ2) is 4.56. The number of hydrogen-bond acceptors (Lipinski definition) is 1. The Hall–Kier alpha value is -1.41. The molecule has 0 bridgehead atoms. The van der Waals surface area contributed by atoms with Crippen molar-refractivity contribution in [1.82, 2.24) is 5.32 Å². The lowest BCUT2D eigenvalue weighted by Gasteiger charge is -2.21. The Bertz CT molecular complexity index is 641. The van der Waals surface area contributed by atoms with Gasteiger partial charge in [-0.3, -0.25) is 0 Å². The normalized spacial score (nSPS) is 29.4. The maximum atomic E-state index is 14.0. The molecule has 104 valence electrons. The molecule has 1 nitrogen and oxygen atoms in total. The van der Waals surface area contributed by atoms with Gasteiger partial charge in [0, 0.05) is 11.4 Å². The number of nitrogens with one attached hydrogen (secondary N) is 1. The summed E-state index contributed by atoms with van der Waals surface area (Å²) >= 11 is 0. The van der Waals surface area contributed by atoms with Crippen molar-refractivity contribution in [2.45, 2.75) is 25.3 Å². The molecule has 2 saturated carbocycles. The zero-order valence-corrected chi connectivity index (χ0v) is 11.8. The Balaban J connectivity index is 1.79. The van der Waals surface area contributed by atoms with Crippen LogP contribution in [-0.4, -0.2) is 7.05 Å². The van der Waals surface area contributed by atoms with Gasteiger partial charge in [0.2, 0.25) is 0 Å². The van der Waals surface area contributed by atoms with Gasteiger partial charge in [-0.2, -0.15) is 0 Å². The predicted molar refractivity (Wildman–Crippen MR) is 80.0 cm³/mol. The molecule has 20 heavy (non-hydrogen) atoms. The van der Waals surface area contributed by atoms with Gasteiger partial charge in [-0.05, 0) is 54.7 Å². The molecule has 4 rings (SSSR count). The van der Waals surface area contributed by atoms with Crippen molar-refractivity contribution in [1.29, 1.82) is 0 Å². The summed E-state index contributed by atoms with van der Waals surface area (Å²) < 4.78 is 14.0. The molecular formula is C18H20FN. The third-order valence-electron chi connectivity index (χ3n) is 5.41. The van der Waals surface area contributed by atoms with Crippen molar-refractivity contribution in [2.75, 3.05) is 7.05 Å². The molecule has 2 fully saturated rings. The highest BCUT2D eigenvalue weighted by atomic mass is 19.1. The van der Waals surface area contributed by atoms with E-state index in [1.54, 1.807) is 6.07 Å². The Morgan fingerprint density at radius 2 is 1.75 bits per heavy atom.